The molecule has 1 N–H and O–H groups in total. The predicted molar refractivity (Wildman–Crippen MR) is 82.6 cm³/mol. The van der Waals surface area contributed by atoms with Crippen LogP contribution in [-0.2, 0) is 6.42 Å². The van der Waals surface area contributed by atoms with Crippen LogP contribution in [0.3, 0.4) is 0 Å². The van der Waals surface area contributed by atoms with Gasteiger partial charge in [-0.25, -0.2) is 0 Å². The zero-order chi connectivity index (χ0) is 14.7. The van der Waals surface area contributed by atoms with Gasteiger partial charge >= 0.3 is 0 Å². The molecule has 1 aliphatic rings. The predicted octanol–water partition coefficient (Wildman–Crippen LogP) is 3.12. The maximum atomic E-state index is 5.92. The third kappa shape index (κ3) is 2.89. The number of anilines is 1. The summed E-state index contributed by atoms with van der Waals surface area (Å²) >= 11 is 0. The fourth-order valence-electron chi connectivity index (χ4n) is 2.54. The van der Waals surface area contributed by atoms with Crippen LogP contribution in [0.5, 0.6) is 17.2 Å². The first-order valence-electron chi connectivity index (χ1n) is 7.00. The molecule has 0 bridgehead atoms. The first kappa shape index (κ1) is 13.6. The van der Waals surface area contributed by atoms with Crippen LogP contribution in [0.2, 0.25) is 0 Å². The molecule has 1 aliphatic heterocycles. The summed E-state index contributed by atoms with van der Waals surface area (Å²) in [5, 5.41) is 3.39. The van der Waals surface area contributed by atoms with Crippen molar-refractivity contribution in [3.63, 3.8) is 0 Å². The van der Waals surface area contributed by atoms with Gasteiger partial charge in [0.25, 0.3) is 0 Å². The van der Waals surface area contributed by atoms with E-state index in [-0.39, 0.29) is 6.10 Å². The van der Waals surface area contributed by atoms with Crippen molar-refractivity contribution in [1.82, 2.24) is 0 Å². The van der Waals surface area contributed by atoms with Crippen LogP contribution in [0, 0.1) is 0 Å². The zero-order valence-electron chi connectivity index (χ0n) is 12.3. The highest BCUT2D eigenvalue weighted by Crippen LogP contribution is 2.31. The minimum atomic E-state index is 0.147. The lowest BCUT2D eigenvalue weighted by Gasteiger charge is -2.15. The molecule has 21 heavy (non-hydrogen) atoms. The van der Waals surface area contributed by atoms with Gasteiger partial charge in [-0.1, -0.05) is 18.2 Å². The number of ether oxygens (including phenoxy) is 3. The fraction of sp³-hybridized carbons (Fsp3) is 0.294. The van der Waals surface area contributed by atoms with Gasteiger partial charge in [0.2, 0.25) is 0 Å². The van der Waals surface area contributed by atoms with E-state index >= 15 is 0 Å². The quantitative estimate of drug-likeness (QED) is 0.916. The van der Waals surface area contributed by atoms with Crippen LogP contribution >= 0.6 is 0 Å². The minimum Gasteiger partial charge on any atom is -0.497 e. The number of hydrogen-bond donors (Lipinski definition) is 1. The second kappa shape index (κ2) is 5.95. The van der Waals surface area contributed by atoms with Crippen LogP contribution < -0.4 is 19.5 Å². The van der Waals surface area contributed by atoms with Crippen molar-refractivity contribution in [3.05, 3.63) is 48.0 Å². The zero-order valence-corrected chi connectivity index (χ0v) is 12.3. The van der Waals surface area contributed by atoms with E-state index in [0.29, 0.717) is 0 Å². The van der Waals surface area contributed by atoms with E-state index in [1.54, 1.807) is 14.2 Å². The maximum Gasteiger partial charge on any atom is 0.145 e. The number of benzene rings is 2. The number of rotatable bonds is 5. The molecule has 2 aromatic carbocycles. The Morgan fingerprint density at radius 2 is 2.00 bits per heavy atom. The molecule has 3 rings (SSSR count). The molecule has 0 fully saturated rings. The topological polar surface area (TPSA) is 39.7 Å². The van der Waals surface area contributed by atoms with Crippen LogP contribution in [0.4, 0.5) is 5.69 Å². The molecule has 1 heterocycles. The number of hydrogen-bond acceptors (Lipinski definition) is 4. The summed E-state index contributed by atoms with van der Waals surface area (Å²) in [6.45, 7) is 0.734. The number of fused-ring (bicyclic) bond motifs is 1. The number of nitrogens with one attached hydrogen (secondary N) is 1. The lowest BCUT2D eigenvalue weighted by molar-refractivity contribution is 0.246. The Balaban J connectivity index is 1.64. The average Bonchev–Trinajstić information content (AvgIpc) is 2.95. The van der Waals surface area contributed by atoms with Gasteiger partial charge in [0.15, 0.2) is 0 Å². The summed E-state index contributed by atoms with van der Waals surface area (Å²) in [6, 6.07) is 13.9. The standard InChI is InChI=1S/C17H19NO3/c1-19-13-7-8-15(17(10-13)20-2)18-11-14-9-12-5-3-4-6-16(12)21-14/h3-8,10,14,18H,9,11H2,1-2H3. The molecule has 2 aromatic rings. The Labute approximate surface area is 124 Å². The van der Waals surface area contributed by atoms with E-state index in [0.717, 1.165) is 35.9 Å². The monoisotopic (exact) mass is 285 g/mol. The third-order valence-electron chi connectivity index (χ3n) is 3.64. The lowest BCUT2D eigenvalue weighted by atomic mass is 10.1. The van der Waals surface area contributed by atoms with Crippen LogP contribution in [-0.4, -0.2) is 26.9 Å². The smallest absolute Gasteiger partial charge is 0.145 e. The second-order valence-corrected chi connectivity index (χ2v) is 5.00. The third-order valence-corrected chi connectivity index (χ3v) is 3.64. The Kier molecular flexibility index (Phi) is 3.86. The Hall–Kier alpha value is -2.36. The van der Waals surface area contributed by atoms with Crippen molar-refractivity contribution in [3.8, 4) is 17.2 Å². The summed E-state index contributed by atoms with van der Waals surface area (Å²) in [7, 11) is 3.30. The SMILES string of the molecule is COc1ccc(NCC2Cc3ccccc3O2)c(OC)c1. The highest BCUT2D eigenvalue weighted by molar-refractivity contribution is 5.59. The lowest BCUT2D eigenvalue weighted by Crippen LogP contribution is -2.24. The van der Waals surface area contributed by atoms with Crippen LogP contribution in [0.15, 0.2) is 42.5 Å². The summed E-state index contributed by atoms with van der Waals surface area (Å²) in [6.07, 6.45) is 1.08. The molecule has 0 saturated heterocycles. The van der Waals surface area contributed by atoms with Crippen molar-refractivity contribution < 1.29 is 14.2 Å². The first-order valence-corrected chi connectivity index (χ1v) is 7.00. The summed E-state index contributed by atoms with van der Waals surface area (Å²) in [5.41, 5.74) is 2.21. The Morgan fingerprint density at radius 1 is 1.14 bits per heavy atom. The van der Waals surface area contributed by atoms with Gasteiger partial charge in [-0.05, 0) is 23.8 Å². The second-order valence-electron chi connectivity index (χ2n) is 5.00. The summed E-state index contributed by atoms with van der Waals surface area (Å²) < 4.78 is 16.5. The molecule has 1 unspecified atom stereocenters. The number of methoxy groups -OCH3 is 2. The highest BCUT2D eigenvalue weighted by atomic mass is 16.5. The molecular weight excluding hydrogens is 266 g/mol. The van der Waals surface area contributed by atoms with Crippen molar-refractivity contribution in [2.45, 2.75) is 12.5 Å². The molecule has 0 aromatic heterocycles. The van der Waals surface area contributed by atoms with Gasteiger partial charge in [0.1, 0.15) is 23.4 Å². The van der Waals surface area contributed by atoms with Gasteiger partial charge in [-0.2, -0.15) is 0 Å². The van der Waals surface area contributed by atoms with E-state index in [4.69, 9.17) is 14.2 Å². The normalized spacial score (nSPS) is 16.0. The molecule has 0 aliphatic carbocycles. The maximum absolute atomic E-state index is 5.92. The largest absolute Gasteiger partial charge is 0.497 e. The molecule has 0 amide bonds. The van der Waals surface area contributed by atoms with Crippen molar-refractivity contribution in [2.75, 3.05) is 26.1 Å². The molecule has 0 radical (unpaired) electrons. The van der Waals surface area contributed by atoms with E-state index < -0.39 is 0 Å². The first-order chi connectivity index (χ1) is 10.3. The summed E-state index contributed by atoms with van der Waals surface area (Å²) in [5.74, 6) is 2.54. The molecule has 1 atom stereocenters. The molecule has 110 valence electrons. The molecule has 4 nitrogen and oxygen atoms in total. The molecule has 0 saturated carbocycles. The van der Waals surface area contributed by atoms with E-state index in [1.807, 2.05) is 36.4 Å². The van der Waals surface area contributed by atoms with Crippen molar-refractivity contribution >= 4 is 5.69 Å². The van der Waals surface area contributed by atoms with E-state index in [9.17, 15) is 0 Å². The molecule has 4 heteroatoms. The van der Waals surface area contributed by atoms with Gasteiger partial charge in [0.05, 0.1) is 26.5 Å². The Bertz CT molecular complexity index is 602. The van der Waals surface area contributed by atoms with Crippen LogP contribution in [0.1, 0.15) is 5.56 Å². The van der Waals surface area contributed by atoms with Gasteiger partial charge in [-0.15, -0.1) is 0 Å². The van der Waals surface area contributed by atoms with Gasteiger partial charge in [-0.3, -0.25) is 0 Å². The fourth-order valence-corrected chi connectivity index (χ4v) is 2.54. The van der Waals surface area contributed by atoms with Gasteiger partial charge < -0.3 is 19.5 Å². The van der Waals surface area contributed by atoms with Crippen molar-refractivity contribution in [2.24, 2.45) is 0 Å². The van der Waals surface area contributed by atoms with E-state index in [1.165, 1.54) is 5.56 Å². The highest BCUT2D eigenvalue weighted by Gasteiger charge is 2.22. The van der Waals surface area contributed by atoms with Crippen molar-refractivity contribution in [1.29, 1.82) is 0 Å². The minimum absolute atomic E-state index is 0.147. The van der Waals surface area contributed by atoms with Crippen LogP contribution in [0.25, 0.3) is 0 Å². The summed E-state index contributed by atoms with van der Waals surface area (Å²) in [4.78, 5) is 0. The average molecular weight is 285 g/mol. The molecule has 0 spiro atoms. The molecular formula is C17H19NO3. The Morgan fingerprint density at radius 3 is 2.76 bits per heavy atom. The van der Waals surface area contributed by atoms with Gasteiger partial charge in [0, 0.05) is 12.5 Å². The number of para-hydroxylation sites is 1. The van der Waals surface area contributed by atoms with E-state index in [2.05, 4.69) is 11.4 Å².